The van der Waals surface area contributed by atoms with Gasteiger partial charge in [0.25, 0.3) is 0 Å². The van der Waals surface area contributed by atoms with Crippen LogP contribution in [0.2, 0.25) is 0 Å². The van der Waals surface area contributed by atoms with Crippen LogP contribution in [0, 0.1) is 6.92 Å². The van der Waals surface area contributed by atoms with Crippen molar-refractivity contribution in [2.45, 2.75) is 26.2 Å². The fourth-order valence-corrected chi connectivity index (χ4v) is 1.79. The molecule has 2 heterocycles. The monoisotopic (exact) mass is 234 g/mol. The van der Waals surface area contributed by atoms with Crippen molar-refractivity contribution in [2.75, 3.05) is 6.54 Å². The van der Waals surface area contributed by atoms with Gasteiger partial charge in [-0.15, -0.1) is 5.10 Å². The number of aryl methyl sites for hydroxylation is 3. The zero-order valence-electron chi connectivity index (χ0n) is 10.3. The van der Waals surface area contributed by atoms with E-state index < -0.39 is 0 Å². The Balaban J connectivity index is 2.10. The molecule has 6 heteroatoms. The molecule has 0 bridgehead atoms. The Bertz CT molecular complexity index is 484. The number of hydrogen-bond donors (Lipinski definition) is 1. The maximum absolute atomic E-state index is 5.46. The molecule has 0 unspecified atom stereocenters. The number of nitrogens with zero attached hydrogens (tertiary/aromatic N) is 5. The van der Waals surface area contributed by atoms with E-state index in [2.05, 4.69) is 15.4 Å². The highest BCUT2D eigenvalue weighted by atomic mass is 15.4. The van der Waals surface area contributed by atoms with Crippen LogP contribution in [0.1, 0.15) is 24.2 Å². The van der Waals surface area contributed by atoms with Gasteiger partial charge in [0, 0.05) is 7.05 Å². The highest BCUT2D eigenvalue weighted by Gasteiger charge is 2.08. The van der Waals surface area contributed by atoms with Gasteiger partial charge in [0.1, 0.15) is 5.69 Å². The molecule has 0 aliphatic carbocycles. The van der Waals surface area contributed by atoms with E-state index in [1.165, 1.54) is 0 Å². The van der Waals surface area contributed by atoms with Crippen molar-refractivity contribution in [3.05, 3.63) is 23.8 Å². The summed E-state index contributed by atoms with van der Waals surface area (Å²) in [6, 6.07) is 0. The molecule has 0 saturated carbocycles. The number of aromatic nitrogens is 5. The molecule has 17 heavy (non-hydrogen) atoms. The third-order valence-electron chi connectivity index (χ3n) is 2.66. The molecule has 2 aromatic heterocycles. The molecule has 2 rings (SSSR count). The molecule has 92 valence electrons. The van der Waals surface area contributed by atoms with Gasteiger partial charge in [-0.1, -0.05) is 5.21 Å². The van der Waals surface area contributed by atoms with Gasteiger partial charge >= 0.3 is 0 Å². The molecule has 0 aliphatic heterocycles. The number of hydrogen-bond acceptors (Lipinski definition) is 4. The summed E-state index contributed by atoms with van der Waals surface area (Å²) in [5.74, 6) is 0. The molecule has 0 atom stereocenters. The second-order valence-electron chi connectivity index (χ2n) is 4.17. The van der Waals surface area contributed by atoms with Gasteiger partial charge in [-0.25, -0.2) is 4.68 Å². The molecule has 0 saturated heterocycles. The van der Waals surface area contributed by atoms with Gasteiger partial charge in [-0.2, -0.15) is 5.10 Å². The number of nitrogens with two attached hydrogens (primary N) is 1. The molecular weight excluding hydrogens is 216 g/mol. The summed E-state index contributed by atoms with van der Waals surface area (Å²) in [5.41, 5.74) is 8.39. The van der Waals surface area contributed by atoms with Gasteiger partial charge in [-0.05, 0) is 32.7 Å². The van der Waals surface area contributed by atoms with Crippen molar-refractivity contribution in [1.29, 1.82) is 0 Å². The molecule has 6 nitrogen and oxygen atoms in total. The summed E-state index contributed by atoms with van der Waals surface area (Å²) in [7, 11) is 1.90. The normalized spacial score (nSPS) is 11.0. The first-order valence-electron chi connectivity index (χ1n) is 5.82. The van der Waals surface area contributed by atoms with Crippen LogP contribution < -0.4 is 5.73 Å². The van der Waals surface area contributed by atoms with E-state index in [9.17, 15) is 0 Å². The van der Waals surface area contributed by atoms with Crippen LogP contribution in [0.4, 0.5) is 0 Å². The standard InChI is InChI=1S/C11H18N6/c1-9-11(8-16(2)14-9)17-7-10(13-15-17)5-3-4-6-12/h7-8H,3-6,12H2,1-2H3. The lowest BCUT2D eigenvalue weighted by molar-refractivity contribution is 0.727. The molecule has 2 N–H and O–H groups in total. The largest absolute Gasteiger partial charge is 0.330 e. The van der Waals surface area contributed by atoms with Gasteiger partial charge in [0.15, 0.2) is 0 Å². The van der Waals surface area contributed by atoms with E-state index in [1.807, 2.05) is 26.4 Å². The van der Waals surface area contributed by atoms with Crippen molar-refractivity contribution >= 4 is 0 Å². The van der Waals surface area contributed by atoms with E-state index in [0.717, 1.165) is 42.9 Å². The van der Waals surface area contributed by atoms with Crippen LogP contribution in [0.3, 0.4) is 0 Å². The van der Waals surface area contributed by atoms with Crippen LogP contribution >= 0.6 is 0 Å². The fraction of sp³-hybridized carbons (Fsp3) is 0.545. The minimum Gasteiger partial charge on any atom is -0.330 e. The van der Waals surface area contributed by atoms with E-state index in [0.29, 0.717) is 0 Å². The number of unbranched alkanes of at least 4 members (excludes halogenated alkanes) is 1. The highest BCUT2D eigenvalue weighted by molar-refractivity contribution is 5.32. The van der Waals surface area contributed by atoms with Crippen LogP contribution in [0.5, 0.6) is 0 Å². The zero-order chi connectivity index (χ0) is 12.3. The maximum Gasteiger partial charge on any atom is 0.107 e. The van der Waals surface area contributed by atoms with E-state index in [-0.39, 0.29) is 0 Å². The van der Waals surface area contributed by atoms with Gasteiger partial charge in [0.05, 0.1) is 23.8 Å². The Labute approximate surface area is 100 Å². The molecule has 0 radical (unpaired) electrons. The smallest absolute Gasteiger partial charge is 0.107 e. The summed E-state index contributed by atoms with van der Waals surface area (Å²) in [4.78, 5) is 0. The number of rotatable bonds is 5. The van der Waals surface area contributed by atoms with E-state index in [4.69, 9.17) is 5.73 Å². The van der Waals surface area contributed by atoms with Crippen molar-refractivity contribution in [2.24, 2.45) is 12.8 Å². The molecular formula is C11H18N6. The molecule has 0 spiro atoms. The quantitative estimate of drug-likeness (QED) is 0.768. The lowest BCUT2D eigenvalue weighted by Gasteiger charge is -1.95. The fourth-order valence-electron chi connectivity index (χ4n) is 1.79. The summed E-state index contributed by atoms with van der Waals surface area (Å²) >= 11 is 0. The lowest BCUT2D eigenvalue weighted by atomic mass is 10.2. The first-order chi connectivity index (χ1) is 8.20. The molecule has 0 aromatic carbocycles. The average Bonchev–Trinajstić information content (AvgIpc) is 2.86. The first-order valence-corrected chi connectivity index (χ1v) is 5.82. The van der Waals surface area contributed by atoms with Crippen molar-refractivity contribution in [3.8, 4) is 5.69 Å². The predicted octanol–water partition coefficient (Wildman–Crippen LogP) is 0.591. The van der Waals surface area contributed by atoms with Gasteiger partial charge < -0.3 is 5.73 Å². The summed E-state index contributed by atoms with van der Waals surface area (Å²) < 4.78 is 3.56. The van der Waals surface area contributed by atoms with Crippen molar-refractivity contribution in [1.82, 2.24) is 24.8 Å². The predicted molar refractivity (Wildman–Crippen MR) is 64.9 cm³/mol. The minimum absolute atomic E-state index is 0.732. The molecule has 0 aliphatic rings. The zero-order valence-corrected chi connectivity index (χ0v) is 10.3. The van der Waals surface area contributed by atoms with Crippen molar-refractivity contribution < 1.29 is 0 Å². The Morgan fingerprint density at radius 3 is 2.76 bits per heavy atom. The topological polar surface area (TPSA) is 74.5 Å². The maximum atomic E-state index is 5.46. The Morgan fingerprint density at radius 2 is 2.12 bits per heavy atom. The van der Waals surface area contributed by atoms with Crippen LogP contribution in [0.15, 0.2) is 12.4 Å². The summed E-state index contributed by atoms with van der Waals surface area (Å²) in [6.45, 7) is 2.70. The second-order valence-corrected chi connectivity index (χ2v) is 4.17. The molecule has 2 aromatic rings. The highest BCUT2D eigenvalue weighted by Crippen LogP contribution is 2.11. The van der Waals surface area contributed by atoms with E-state index in [1.54, 1.807) is 9.36 Å². The van der Waals surface area contributed by atoms with Gasteiger partial charge in [0.2, 0.25) is 0 Å². The summed E-state index contributed by atoms with van der Waals surface area (Å²) in [6.07, 6.45) is 6.91. The Hall–Kier alpha value is -1.69. The van der Waals surface area contributed by atoms with E-state index >= 15 is 0 Å². The Kier molecular flexibility index (Phi) is 3.53. The Morgan fingerprint density at radius 1 is 1.29 bits per heavy atom. The molecule has 0 fully saturated rings. The SMILES string of the molecule is Cc1nn(C)cc1-n1cc(CCCCN)nn1. The van der Waals surface area contributed by atoms with Crippen LogP contribution in [-0.4, -0.2) is 31.3 Å². The van der Waals surface area contributed by atoms with Crippen molar-refractivity contribution in [3.63, 3.8) is 0 Å². The minimum atomic E-state index is 0.732. The first kappa shape index (κ1) is 11.8. The second kappa shape index (κ2) is 5.09. The van der Waals surface area contributed by atoms with Crippen LogP contribution in [-0.2, 0) is 13.5 Å². The van der Waals surface area contributed by atoms with Gasteiger partial charge in [-0.3, -0.25) is 4.68 Å². The molecule has 0 amide bonds. The third-order valence-corrected chi connectivity index (χ3v) is 2.66. The van der Waals surface area contributed by atoms with Crippen LogP contribution in [0.25, 0.3) is 5.69 Å². The summed E-state index contributed by atoms with van der Waals surface area (Å²) in [5, 5.41) is 12.6. The average molecular weight is 234 g/mol. The lowest BCUT2D eigenvalue weighted by Crippen LogP contribution is -1.99. The third kappa shape index (κ3) is 2.71.